The van der Waals surface area contributed by atoms with Crippen molar-refractivity contribution >= 4 is 14.0 Å². The van der Waals surface area contributed by atoms with Crippen LogP contribution in [-0.2, 0) is 33.8 Å². The standard InChI is InChI=1S/C41H71NO9Si/c1-14-29-25(6)35(26(7)39(47-29)51-36-23(4)24(5)38(49-31(36)16-3)46-21-22-52(11,12)13)50-40-32(34(44)33(43)30(15-2)48-40)42-37(45)27-17-19-28(20-18-27)41(8,9)10/h17-20,23-26,29-36,38-40,43-44H,14-16,21-22H2,1-13H3,(H,42,45)/t23?,24?,25-,26?,29?,30?,31?,32?,33+,34?,35?,36-,38+,39?,40-/m0/s1. The van der Waals surface area contributed by atoms with Gasteiger partial charge in [-0.2, -0.15) is 0 Å². The normalized spacial score (nSPS) is 38.9. The molecule has 298 valence electrons. The van der Waals surface area contributed by atoms with E-state index in [0.29, 0.717) is 18.6 Å². The molecule has 0 radical (unpaired) electrons. The van der Waals surface area contributed by atoms with Crippen LogP contribution in [0, 0.1) is 23.7 Å². The molecule has 11 heteroatoms. The summed E-state index contributed by atoms with van der Waals surface area (Å²) in [6, 6.07) is 7.53. The van der Waals surface area contributed by atoms with E-state index in [4.69, 9.17) is 28.4 Å². The molecule has 10 nitrogen and oxygen atoms in total. The first kappa shape index (κ1) is 43.3. The van der Waals surface area contributed by atoms with Gasteiger partial charge in [0.2, 0.25) is 0 Å². The molecule has 3 fully saturated rings. The summed E-state index contributed by atoms with van der Waals surface area (Å²) in [5.74, 6) is -0.356. The van der Waals surface area contributed by atoms with Gasteiger partial charge in [0.15, 0.2) is 18.9 Å². The fourth-order valence-corrected chi connectivity index (χ4v) is 8.54. The lowest BCUT2D eigenvalue weighted by atomic mass is 9.82. The minimum Gasteiger partial charge on any atom is -0.388 e. The molecule has 0 aliphatic carbocycles. The summed E-state index contributed by atoms with van der Waals surface area (Å²) in [5, 5.41) is 25.4. The SMILES string of the molecule is CCC1OC(O[C@@H]2C(CC)O[C@@H](OCC[Si](C)(C)C)C(C)C2C)C(C)C(O[C@@H]2OC(CC)[C@@H](O)C(O)C2NC(=O)c2ccc(C(C)(C)C)cc2)[C@H]1C. The Kier molecular flexibility index (Phi) is 15.0. The zero-order valence-corrected chi connectivity index (χ0v) is 35.3. The second kappa shape index (κ2) is 18.0. The van der Waals surface area contributed by atoms with Gasteiger partial charge in [-0.25, -0.2) is 0 Å². The summed E-state index contributed by atoms with van der Waals surface area (Å²) in [6.45, 7) is 28.8. The molecule has 0 saturated carbocycles. The van der Waals surface area contributed by atoms with E-state index in [9.17, 15) is 15.0 Å². The number of aliphatic hydroxyl groups excluding tert-OH is 2. The van der Waals surface area contributed by atoms with Crippen molar-refractivity contribution < 1.29 is 43.4 Å². The molecule has 0 aromatic heterocycles. The van der Waals surface area contributed by atoms with Crippen LogP contribution in [0.2, 0.25) is 25.7 Å². The van der Waals surface area contributed by atoms with Gasteiger partial charge in [-0.15, -0.1) is 0 Å². The van der Waals surface area contributed by atoms with Crippen LogP contribution < -0.4 is 5.32 Å². The maximum Gasteiger partial charge on any atom is 0.251 e. The third-order valence-corrected chi connectivity index (χ3v) is 13.5. The van der Waals surface area contributed by atoms with Crippen LogP contribution in [0.5, 0.6) is 0 Å². The summed E-state index contributed by atoms with van der Waals surface area (Å²) < 4.78 is 39.7. The summed E-state index contributed by atoms with van der Waals surface area (Å²) in [4.78, 5) is 13.6. The summed E-state index contributed by atoms with van der Waals surface area (Å²) >= 11 is 0. The van der Waals surface area contributed by atoms with E-state index >= 15 is 0 Å². The molecule has 0 spiro atoms. The maximum atomic E-state index is 13.6. The average molecular weight is 750 g/mol. The number of nitrogens with one attached hydrogen (secondary N) is 1. The van der Waals surface area contributed by atoms with Gasteiger partial charge in [0.1, 0.15) is 18.2 Å². The van der Waals surface area contributed by atoms with Crippen LogP contribution >= 0.6 is 0 Å². The van der Waals surface area contributed by atoms with Crippen LogP contribution in [0.4, 0.5) is 0 Å². The predicted octanol–water partition coefficient (Wildman–Crippen LogP) is 6.88. The van der Waals surface area contributed by atoms with E-state index in [1.165, 1.54) is 0 Å². The Labute approximate surface area is 315 Å². The molecule has 0 bridgehead atoms. The van der Waals surface area contributed by atoms with Crippen molar-refractivity contribution in [2.24, 2.45) is 23.7 Å². The van der Waals surface area contributed by atoms with E-state index in [2.05, 4.69) is 87.3 Å². The van der Waals surface area contributed by atoms with Gasteiger partial charge >= 0.3 is 0 Å². The first-order valence-electron chi connectivity index (χ1n) is 20.0. The second-order valence-electron chi connectivity index (χ2n) is 18.0. The van der Waals surface area contributed by atoms with Crippen LogP contribution in [0.25, 0.3) is 0 Å². The van der Waals surface area contributed by atoms with E-state index in [1.807, 2.05) is 19.1 Å². The molecule has 15 atom stereocenters. The van der Waals surface area contributed by atoms with Crippen molar-refractivity contribution in [2.75, 3.05) is 6.61 Å². The van der Waals surface area contributed by atoms with Gasteiger partial charge in [0.25, 0.3) is 5.91 Å². The number of ether oxygens (including phenoxy) is 6. The van der Waals surface area contributed by atoms with Crippen molar-refractivity contribution in [3.05, 3.63) is 35.4 Å². The fourth-order valence-electron chi connectivity index (χ4n) is 7.81. The number of carbonyl (C=O) groups excluding carboxylic acids is 1. The predicted molar refractivity (Wildman–Crippen MR) is 206 cm³/mol. The highest BCUT2D eigenvalue weighted by Crippen LogP contribution is 2.41. The number of hydrogen-bond acceptors (Lipinski definition) is 9. The molecule has 1 aromatic rings. The largest absolute Gasteiger partial charge is 0.388 e. The lowest BCUT2D eigenvalue weighted by Gasteiger charge is -2.51. The van der Waals surface area contributed by atoms with E-state index in [1.54, 1.807) is 12.1 Å². The van der Waals surface area contributed by atoms with Crippen molar-refractivity contribution in [1.29, 1.82) is 0 Å². The molecule has 3 aliphatic rings. The molecule has 3 N–H and O–H groups in total. The molecule has 3 aliphatic heterocycles. The average Bonchev–Trinajstić information content (AvgIpc) is 3.09. The zero-order chi connectivity index (χ0) is 38.7. The molecule has 3 heterocycles. The Morgan fingerprint density at radius 3 is 1.85 bits per heavy atom. The highest BCUT2D eigenvalue weighted by atomic mass is 28.3. The van der Waals surface area contributed by atoms with Gasteiger partial charge in [0, 0.05) is 38.0 Å². The van der Waals surface area contributed by atoms with Crippen molar-refractivity contribution in [1.82, 2.24) is 5.32 Å². The number of amides is 1. The topological polar surface area (TPSA) is 125 Å². The quantitative estimate of drug-likeness (QED) is 0.185. The van der Waals surface area contributed by atoms with Crippen molar-refractivity contribution in [2.45, 2.75) is 187 Å². The van der Waals surface area contributed by atoms with Crippen molar-refractivity contribution in [3.63, 3.8) is 0 Å². The molecule has 3 saturated heterocycles. The smallest absolute Gasteiger partial charge is 0.251 e. The Bertz CT molecular complexity index is 1270. The number of hydrogen-bond donors (Lipinski definition) is 3. The first-order chi connectivity index (χ1) is 24.3. The Morgan fingerprint density at radius 2 is 1.29 bits per heavy atom. The molecular formula is C41H71NO9Si. The number of carbonyl (C=O) groups is 1. The minimum absolute atomic E-state index is 0.0427. The molecule has 1 amide bonds. The van der Waals surface area contributed by atoms with Gasteiger partial charge in [0.05, 0.1) is 30.5 Å². The fraction of sp³-hybridized carbons (Fsp3) is 0.829. The molecular weight excluding hydrogens is 679 g/mol. The van der Waals surface area contributed by atoms with Crippen molar-refractivity contribution in [3.8, 4) is 0 Å². The van der Waals surface area contributed by atoms with E-state index < -0.39 is 51.1 Å². The summed E-state index contributed by atoms with van der Waals surface area (Å²) in [6.07, 6.45) is -3.94. The monoisotopic (exact) mass is 749 g/mol. The van der Waals surface area contributed by atoms with Crippen LogP contribution in [0.15, 0.2) is 24.3 Å². The Balaban J connectivity index is 1.53. The van der Waals surface area contributed by atoms with Gasteiger partial charge in [-0.3, -0.25) is 4.79 Å². The number of rotatable bonds is 13. The lowest BCUT2D eigenvalue weighted by molar-refractivity contribution is -0.348. The zero-order valence-electron chi connectivity index (χ0n) is 34.3. The van der Waals surface area contributed by atoms with Gasteiger partial charge < -0.3 is 44.0 Å². The number of aliphatic hydroxyl groups is 2. The van der Waals surface area contributed by atoms with Crippen LogP contribution in [0.3, 0.4) is 0 Å². The third kappa shape index (κ3) is 10.3. The van der Waals surface area contributed by atoms with Crippen LogP contribution in [-0.4, -0.2) is 98.4 Å². The highest BCUT2D eigenvalue weighted by Gasteiger charge is 2.51. The van der Waals surface area contributed by atoms with Crippen LogP contribution in [0.1, 0.15) is 104 Å². The Morgan fingerprint density at radius 1 is 0.731 bits per heavy atom. The summed E-state index contributed by atoms with van der Waals surface area (Å²) in [5.41, 5.74) is 1.50. The van der Waals surface area contributed by atoms with Gasteiger partial charge in [-0.05, 0) is 54.3 Å². The molecule has 52 heavy (non-hydrogen) atoms. The lowest BCUT2D eigenvalue weighted by Crippen LogP contribution is -2.65. The van der Waals surface area contributed by atoms with E-state index in [0.717, 1.165) is 24.4 Å². The third-order valence-electron chi connectivity index (χ3n) is 11.7. The number of benzene rings is 1. The second-order valence-corrected chi connectivity index (χ2v) is 23.6. The first-order valence-corrected chi connectivity index (χ1v) is 23.7. The Hall–Kier alpha value is -1.41. The molecule has 10 unspecified atom stereocenters. The van der Waals surface area contributed by atoms with Gasteiger partial charge in [-0.1, -0.05) is 101 Å². The summed E-state index contributed by atoms with van der Waals surface area (Å²) in [7, 11) is -1.23. The van der Waals surface area contributed by atoms with E-state index in [-0.39, 0.29) is 59.6 Å². The maximum absolute atomic E-state index is 13.6. The molecule has 1 aromatic carbocycles. The highest BCUT2D eigenvalue weighted by molar-refractivity contribution is 6.76. The molecule has 4 rings (SSSR count). The minimum atomic E-state index is -1.30.